The Morgan fingerprint density at radius 2 is 1.88 bits per heavy atom. The number of nitrogens with zero attached hydrogens (tertiary/aromatic N) is 1. The Kier molecular flexibility index (Phi) is 5.24. The van der Waals surface area contributed by atoms with Crippen molar-refractivity contribution in [3.63, 3.8) is 0 Å². The van der Waals surface area contributed by atoms with E-state index in [9.17, 15) is 9.90 Å². The second-order valence-electron chi connectivity index (χ2n) is 5.25. The minimum atomic E-state index is -0.551. The number of anilines is 1. The third-order valence-corrected chi connectivity index (χ3v) is 3.70. The van der Waals surface area contributed by atoms with Gasteiger partial charge in [-0.25, -0.2) is 4.98 Å². The summed E-state index contributed by atoms with van der Waals surface area (Å²) < 4.78 is 10.7. The van der Waals surface area contributed by atoms with Crippen LogP contribution in [0.4, 0.5) is 5.69 Å². The molecule has 2 N–H and O–H groups in total. The summed E-state index contributed by atoms with van der Waals surface area (Å²) in [5.41, 5.74) is 0.404. The number of pyridine rings is 1. The number of benzene rings is 2. The van der Waals surface area contributed by atoms with Crippen LogP contribution in [0.3, 0.4) is 0 Å². The molecule has 1 aromatic heterocycles. The highest BCUT2D eigenvalue weighted by molar-refractivity contribution is 6.30. The van der Waals surface area contributed by atoms with Gasteiger partial charge in [0.2, 0.25) is 0 Å². The third-order valence-electron chi connectivity index (χ3n) is 3.47. The van der Waals surface area contributed by atoms with Crippen LogP contribution in [0.25, 0.3) is 0 Å². The topological polar surface area (TPSA) is 80.7 Å². The molecular formula is C19H15ClN2O4. The van der Waals surface area contributed by atoms with E-state index in [1.54, 1.807) is 48.5 Å². The maximum Gasteiger partial charge on any atom is 0.278 e. The molecule has 26 heavy (non-hydrogen) atoms. The van der Waals surface area contributed by atoms with Crippen molar-refractivity contribution in [1.82, 2.24) is 4.98 Å². The van der Waals surface area contributed by atoms with E-state index in [4.69, 9.17) is 21.1 Å². The zero-order valence-corrected chi connectivity index (χ0v) is 14.5. The number of methoxy groups -OCH3 is 1. The summed E-state index contributed by atoms with van der Waals surface area (Å²) in [6.45, 7) is 0. The van der Waals surface area contributed by atoms with Gasteiger partial charge in [-0.15, -0.1) is 0 Å². The number of carbonyl (C=O) groups is 1. The lowest BCUT2D eigenvalue weighted by molar-refractivity contribution is 0.101. The van der Waals surface area contributed by atoms with E-state index < -0.39 is 5.91 Å². The summed E-state index contributed by atoms with van der Waals surface area (Å²) in [6.07, 6.45) is 1.38. The zero-order valence-electron chi connectivity index (χ0n) is 13.8. The van der Waals surface area contributed by atoms with Crippen LogP contribution >= 0.6 is 11.6 Å². The van der Waals surface area contributed by atoms with Crippen LogP contribution in [0.5, 0.6) is 23.0 Å². The Morgan fingerprint density at radius 3 is 2.58 bits per heavy atom. The van der Waals surface area contributed by atoms with Crippen LogP contribution < -0.4 is 14.8 Å². The predicted molar refractivity (Wildman–Crippen MR) is 98.4 cm³/mol. The van der Waals surface area contributed by atoms with Crippen molar-refractivity contribution in [3.8, 4) is 23.0 Å². The summed E-state index contributed by atoms with van der Waals surface area (Å²) in [5.74, 6) is 0.515. The first-order valence-electron chi connectivity index (χ1n) is 7.63. The van der Waals surface area contributed by atoms with E-state index in [0.29, 0.717) is 22.2 Å². The van der Waals surface area contributed by atoms with Crippen molar-refractivity contribution in [2.45, 2.75) is 0 Å². The van der Waals surface area contributed by atoms with Crippen LogP contribution in [0.15, 0.2) is 60.8 Å². The number of aromatic nitrogens is 1. The van der Waals surface area contributed by atoms with Crippen LogP contribution in [-0.4, -0.2) is 23.1 Å². The first-order chi connectivity index (χ1) is 12.6. The Labute approximate surface area is 155 Å². The molecule has 0 spiro atoms. The molecular weight excluding hydrogens is 356 g/mol. The maximum atomic E-state index is 12.3. The standard InChI is InChI=1S/C19H15ClN2O4/c1-25-16-9-10-21-17(18(16)23)19(24)22-13-5-7-14(8-6-13)26-15-4-2-3-12(20)11-15/h2-11,23H,1H3,(H,22,24). The third kappa shape index (κ3) is 4.04. The number of hydrogen-bond donors (Lipinski definition) is 2. The molecule has 2 aromatic carbocycles. The molecule has 0 saturated heterocycles. The number of carbonyl (C=O) groups excluding carboxylic acids is 1. The van der Waals surface area contributed by atoms with E-state index >= 15 is 0 Å². The number of halogens is 1. The van der Waals surface area contributed by atoms with Crippen molar-refractivity contribution in [1.29, 1.82) is 0 Å². The molecule has 0 saturated carbocycles. The predicted octanol–water partition coefficient (Wildman–Crippen LogP) is 4.49. The van der Waals surface area contributed by atoms with Crippen LogP contribution in [0.2, 0.25) is 5.02 Å². The molecule has 0 aliphatic heterocycles. The molecule has 6 nitrogen and oxygen atoms in total. The number of ether oxygens (including phenoxy) is 2. The minimum absolute atomic E-state index is 0.122. The smallest absolute Gasteiger partial charge is 0.278 e. The quantitative estimate of drug-likeness (QED) is 0.691. The van der Waals surface area contributed by atoms with Crippen molar-refractivity contribution in [2.75, 3.05) is 12.4 Å². The maximum absolute atomic E-state index is 12.3. The molecule has 0 atom stereocenters. The second-order valence-corrected chi connectivity index (χ2v) is 5.68. The summed E-state index contributed by atoms with van der Waals surface area (Å²) >= 11 is 5.92. The molecule has 0 radical (unpaired) electrons. The monoisotopic (exact) mass is 370 g/mol. The van der Waals surface area contributed by atoms with Gasteiger partial charge in [0.1, 0.15) is 11.5 Å². The fraction of sp³-hybridized carbons (Fsp3) is 0.0526. The molecule has 0 fully saturated rings. The summed E-state index contributed by atoms with van der Waals surface area (Å²) in [5, 5.41) is 13.2. The Morgan fingerprint density at radius 1 is 1.12 bits per heavy atom. The van der Waals surface area contributed by atoms with Crippen molar-refractivity contribution >= 4 is 23.2 Å². The molecule has 132 valence electrons. The molecule has 3 aromatic rings. The molecule has 0 unspecified atom stereocenters. The first-order valence-corrected chi connectivity index (χ1v) is 8.01. The summed E-state index contributed by atoms with van der Waals surface area (Å²) in [7, 11) is 1.40. The number of aromatic hydroxyl groups is 1. The largest absolute Gasteiger partial charge is 0.503 e. The average molecular weight is 371 g/mol. The van der Waals surface area contributed by atoms with Gasteiger partial charge < -0.3 is 19.9 Å². The van der Waals surface area contributed by atoms with Gasteiger partial charge in [0.15, 0.2) is 17.2 Å². The molecule has 1 heterocycles. The van der Waals surface area contributed by atoms with Crippen LogP contribution in [0.1, 0.15) is 10.5 Å². The van der Waals surface area contributed by atoms with Crippen molar-refractivity contribution < 1.29 is 19.4 Å². The second kappa shape index (κ2) is 7.76. The van der Waals surface area contributed by atoms with Crippen molar-refractivity contribution in [3.05, 3.63) is 71.5 Å². The Bertz CT molecular complexity index is 929. The minimum Gasteiger partial charge on any atom is -0.503 e. The lowest BCUT2D eigenvalue weighted by Gasteiger charge is -2.10. The summed E-state index contributed by atoms with van der Waals surface area (Å²) in [4.78, 5) is 16.2. The molecule has 0 aliphatic rings. The normalized spacial score (nSPS) is 10.2. The zero-order chi connectivity index (χ0) is 18.5. The van der Waals surface area contributed by atoms with Gasteiger partial charge in [-0.2, -0.15) is 0 Å². The van der Waals surface area contributed by atoms with Crippen molar-refractivity contribution in [2.24, 2.45) is 0 Å². The highest BCUT2D eigenvalue weighted by atomic mass is 35.5. The van der Waals surface area contributed by atoms with Gasteiger partial charge in [0, 0.05) is 23.0 Å². The molecule has 3 rings (SSSR count). The fourth-order valence-electron chi connectivity index (χ4n) is 2.23. The Hall–Kier alpha value is -3.25. The van der Waals surface area contributed by atoms with E-state index in [1.807, 2.05) is 0 Å². The molecule has 0 aliphatic carbocycles. The van der Waals surface area contributed by atoms with Gasteiger partial charge >= 0.3 is 0 Å². The van der Waals surface area contributed by atoms with Gasteiger partial charge in [-0.1, -0.05) is 17.7 Å². The molecule has 7 heteroatoms. The van der Waals surface area contributed by atoms with Gasteiger partial charge in [-0.05, 0) is 42.5 Å². The first kappa shape index (κ1) is 17.6. The SMILES string of the molecule is COc1ccnc(C(=O)Nc2ccc(Oc3cccc(Cl)c3)cc2)c1O. The lowest BCUT2D eigenvalue weighted by atomic mass is 10.2. The van der Waals surface area contributed by atoms with Gasteiger partial charge in [-0.3, -0.25) is 4.79 Å². The highest BCUT2D eigenvalue weighted by Crippen LogP contribution is 2.29. The number of hydrogen-bond acceptors (Lipinski definition) is 5. The van der Waals surface area contributed by atoms with E-state index in [1.165, 1.54) is 19.4 Å². The van der Waals surface area contributed by atoms with E-state index in [0.717, 1.165) is 0 Å². The van der Waals surface area contributed by atoms with E-state index in [2.05, 4.69) is 10.3 Å². The molecule has 1 amide bonds. The van der Waals surface area contributed by atoms with Crippen LogP contribution in [-0.2, 0) is 0 Å². The average Bonchev–Trinajstić information content (AvgIpc) is 2.63. The number of rotatable bonds is 5. The Balaban J connectivity index is 1.70. The van der Waals surface area contributed by atoms with E-state index in [-0.39, 0.29) is 17.2 Å². The lowest BCUT2D eigenvalue weighted by Crippen LogP contribution is -2.14. The van der Waals surface area contributed by atoms with Gasteiger partial charge in [0.05, 0.1) is 7.11 Å². The van der Waals surface area contributed by atoms with Gasteiger partial charge in [0.25, 0.3) is 5.91 Å². The number of nitrogens with one attached hydrogen (secondary N) is 1. The molecule has 0 bridgehead atoms. The highest BCUT2D eigenvalue weighted by Gasteiger charge is 2.16. The van der Waals surface area contributed by atoms with Crippen LogP contribution in [0, 0.1) is 0 Å². The number of amides is 1. The summed E-state index contributed by atoms with van der Waals surface area (Å²) in [6, 6.07) is 15.3. The fourth-order valence-corrected chi connectivity index (χ4v) is 2.41.